The molecule has 1 spiro atoms. The number of benzene rings is 10. The number of hydrogen-bond donors (Lipinski definition) is 0. The van der Waals surface area contributed by atoms with Crippen molar-refractivity contribution in [3.63, 3.8) is 0 Å². The summed E-state index contributed by atoms with van der Waals surface area (Å²) in [6, 6.07) is 81.9. The molecule has 0 amide bonds. The molecule has 0 bridgehead atoms. The Bertz CT molecular complexity index is 3830. The van der Waals surface area contributed by atoms with Crippen LogP contribution in [0.1, 0.15) is 47.2 Å². The van der Waals surface area contributed by atoms with Gasteiger partial charge in [-0.1, -0.05) is 214 Å². The molecule has 0 atom stereocenters. The van der Waals surface area contributed by atoms with Crippen LogP contribution in [-0.4, -0.2) is 15.0 Å². The van der Waals surface area contributed by atoms with Crippen LogP contribution in [0.15, 0.2) is 224 Å². The van der Waals surface area contributed by atoms with Crippen molar-refractivity contribution in [3.05, 3.63) is 258 Å². The van der Waals surface area contributed by atoms with E-state index in [1.807, 2.05) is 0 Å². The predicted molar refractivity (Wildman–Crippen MR) is 278 cm³/mol. The summed E-state index contributed by atoms with van der Waals surface area (Å²) in [6.45, 7) is 4.65. The maximum Gasteiger partial charge on any atom is 0.164 e. The van der Waals surface area contributed by atoms with E-state index in [0.29, 0.717) is 17.5 Å². The number of fused-ring (bicyclic) bond motifs is 14. The molecular formula is C65H43N3. The number of hydrogen-bond acceptors (Lipinski definition) is 3. The van der Waals surface area contributed by atoms with Gasteiger partial charge in [0.1, 0.15) is 0 Å². The summed E-state index contributed by atoms with van der Waals surface area (Å²) in [5.41, 5.74) is 21.9. The molecule has 14 rings (SSSR count). The lowest BCUT2D eigenvalue weighted by atomic mass is 9.70. The van der Waals surface area contributed by atoms with E-state index in [-0.39, 0.29) is 5.41 Å². The van der Waals surface area contributed by atoms with Gasteiger partial charge in [0.05, 0.1) is 5.41 Å². The molecule has 1 heterocycles. The molecule has 3 nitrogen and oxygen atoms in total. The number of rotatable bonds is 5. The molecule has 11 aromatic rings. The van der Waals surface area contributed by atoms with Crippen LogP contribution in [-0.2, 0) is 10.8 Å². The zero-order valence-corrected chi connectivity index (χ0v) is 37.7. The molecule has 10 aromatic carbocycles. The van der Waals surface area contributed by atoms with Crippen molar-refractivity contribution in [2.75, 3.05) is 0 Å². The van der Waals surface area contributed by atoms with E-state index in [0.717, 1.165) is 38.9 Å². The highest BCUT2D eigenvalue weighted by Gasteiger charge is 2.51. The zero-order valence-electron chi connectivity index (χ0n) is 37.7. The maximum atomic E-state index is 5.56. The van der Waals surface area contributed by atoms with E-state index in [1.165, 1.54) is 77.5 Å². The highest BCUT2D eigenvalue weighted by molar-refractivity contribution is 5.99. The third kappa shape index (κ3) is 5.44. The Kier molecular flexibility index (Phi) is 8.25. The SMILES string of the molecule is CC1(C)c2ccccc2-c2c(-c3nc(-c4cc(-c5ccccc5)cc(-c5cccc6ccccc56)c4)nc(-c4ccc5c(c4)C4(c6ccccc6-c6ccccc64)c4ccccc4-5)n3)cccc21. The van der Waals surface area contributed by atoms with Gasteiger partial charge in [0, 0.05) is 22.1 Å². The van der Waals surface area contributed by atoms with Gasteiger partial charge in [-0.15, -0.1) is 0 Å². The molecule has 0 N–H and O–H groups in total. The Balaban J connectivity index is 1.04. The second-order valence-electron chi connectivity index (χ2n) is 19.0. The molecular weight excluding hydrogens is 823 g/mol. The van der Waals surface area contributed by atoms with Gasteiger partial charge in [0.2, 0.25) is 0 Å². The smallest absolute Gasteiger partial charge is 0.164 e. The zero-order chi connectivity index (χ0) is 45.1. The van der Waals surface area contributed by atoms with E-state index >= 15 is 0 Å². The molecule has 0 unspecified atom stereocenters. The van der Waals surface area contributed by atoms with Crippen LogP contribution in [0.2, 0.25) is 0 Å². The summed E-state index contributed by atoms with van der Waals surface area (Å²) in [7, 11) is 0. The fourth-order valence-corrected chi connectivity index (χ4v) is 12.1. The van der Waals surface area contributed by atoms with E-state index in [9.17, 15) is 0 Å². The third-order valence-electron chi connectivity index (χ3n) is 15.1. The van der Waals surface area contributed by atoms with Gasteiger partial charge in [-0.25, -0.2) is 15.0 Å². The average molecular weight is 866 g/mol. The lowest BCUT2D eigenvalue weighted by Gasteiger charge is -2.30. The Labute approximate surface area is 396 Å². The molecule has 1 aromatic heterocycles. The van der Waals surface area contributed by atoms with Crippen LogP contribution in [0.4, 0.5) is 0 Å². The molecule has 0 aliphatic heterocycles. The van der Waals surface area contributed by atoms with Crippen molar-refractivity contribution in [1.82, 2.24) is 15.0 Å². The van der Waals surface area contributed by atoms with Crippen LogP contribution in [0.3, 0.4) is 0 Å². The highest BCUT2D eigenvalue weighted by atomic mass is 15.0. The normalized spacial score (nSPS) is 14.0. The van der Waals surface area contributed by atoms with Gasteiger partial charge in [0.15, 0.2) is 17.5 Å². The molecule has 3 aliphatic rings. The molecule has 0 saturated heterocycles. The van der Waals surface area contributed by atoms with Crippen molar-refractivity contribution in [2.24, 2.45) is 0 Å². The quantitative estimate of drug-likeness (QED) is 0.173. The number of nitrogens with zero attached hydrogens (tertiary/aromatic N) is 3. The van der Waals surface area contributed by atoms with Gasteiger partial charge >= 0.3 is 0 Å². The minimum absolute atomic E-state index is 0.185. The summed E-state index contributed by atoms with van der Waals surface area (Å²) in [4.78, 5) is 16.7. The van der Waals surface area contributed by atoms with Crippen LogP contribution in [0, 0.1) is 0 Å². The van der Waals surface area contributed by atoms with Gasteiger partial charge in [0.25, 0.3) is 0 Å². The van der Waals surface area contributed by atoms with E-state index < -0.39 is 5.41 Å². The van der Waals surface area contributed by atoms with Gasteiger partial charge in [-0.3, -0.25) is 0 Å². The largest absolute Gasteiger partial charge is 0.208 e. The Morgan fingerprint density at radius 2 is 0.765 bits per heavy atom. The van der Waals surface area contributed by atoms with Crippen LogP contribution >= 0.6 is 0 Å². The average Bonchev–Trinajstić information content (AvgIpc) is 3.96. The molecule has 0 radical (unpaired) electrons. The first-order valence-corrected chi connectivity index (χ1v) is 23.6. The summed E-state index contributed by atoms with van der Waals surface area (Å²) >= 11 is 0. The second-order valence-corrected chi connectivity index (χ2v) is 19.0. The summed E-state index contributed by atoms with van der Waals surface area (Å²) in [5.74, 6) is 1.92. The standard InChI is InChI=1S/C65H43N3/c1-64(2)54-29-12-11-26-52(54)60-53(28-17-33-58(60)64)63-67-61(66-62(68-63)45-37-43(40-18-4-3-5-19-40)36-44(38-45)47-27-16-21-41-20-6-7-22-46(41)47)42-34-35-51-50-25-10-15-32-57(50)65(59(51)39-42)55-30-13-8-23-48(55)49-24-9-14-31-56(49)65/h3-39H,1-2H3. The summed E-state index contributed by atoms with van der Waals surface area (Å²) < 4.78 is 0. The molecule has 3 aliphatic carbocycles. The first-order chi connectivity index (χ1) is 33.5. The molecule has 318 valence electrons. The maximum absolute atomic E-state index is 5.56. The monoisotopic (exact) mass is 865 g/mol. The summed E-state index contributed by atoms with van der Waals surface area (Å²) in [5, 5.41) is 2.40. The molecule has 3 heteroatoms. The Hall–Kier alpha value is -8.53. The highest BCUT2D eigenvalue weighted by Crippen LogP contribution is 2.63. The Morgan fingerprint density at radius 3 is 1.49 bits per heavy atom. The van der Waals surface area contributed by atoms with Crippen molar-refractivity contribution in [2.45, 2.75) is 24.7 Å². The van der Waals surface area contributed by atoms with Crippen LogP contribution in [0.5, 0.6) is 0 Å². The molecule has 0 saturated carbocycles. The minimum atomic E-state index is -0.499. The first-order valence-electron chi connectivity index (χ1n) is 23.6. The lowest BCUT2D eigenvalue weighted by molar-refractivity contribution is 0.660. The first kappa shape index (κ1) is 38.7. The fraction of sp³-hybridized carbons (Fsp3) is 0.0615. The third-order valence-corrected chi connectivity index (χ3v) is 15.1. The van der Waals surface area contributed by atoms with E-state index in [1.54, 1.807) is 0 Å². The van der Waals surface area contributed by atoms with Crippen molar-refractivity contribution < 1.29 is 0 Å². The van der Waals surface area contributed by atoms with Crippen molar-refractivity contribution in [3.8, 4) is 89.8 Å². The van der Waals surface area contributed by atoms with Gasteiger partial charge < -0.3 is 0 Å². The van der Waals surface area contributed by atoms with Crippen LogP contribution in [0.25, 0.3) is 101 Å². The van der Waals surface area contributed by atoms with E-state index in [4.69, 9.17) is 15.0 Å². The number of aromatic nitrogens is 3. The fourth-order valence-electron chi connectivity index (χ4n) is 12.1. The predicted octanol–water partition coefficient (Wildman–Crippen LogP) is 16.0. The lowest BCUT2D eigenvalue weighted by Crippen LogP contribution is -2.25. The van der Waals surface area contributed by atoms with Crippen LogP contribution < -0.4 is 0 Å². The second kappa shape index (κ2) is 14.5. The van der Waals surface area contributed by atoms with Crippen molar-refractivity contribution in [1.29, 1.82) is 0 Å². The molecule has 0 fully saturated rings. The van der Waals surface area contributed by atoms with Crippen molar-refractivity contribution >= 4 is 10.8 Å². The van der Waals surface area contributed by atoms with E-state index in [2.05, 4.69) is 238 Å². The topological polar surface area (TPSA) is 38.7 Å². The van der Waals surface area contributed by atoms with Gasteiger partial charge in [-0.2, -0.15) is 0 Å². The summed E-state index contributed by atoms with van der Waals surface area (Å²) in [6.07, 6.45) is 0. The van der Waals surface area contributed by atoms with Gasteiger partial charge in [-0.05, 0) is 124 Å². The molecule has 68 heavy (non-hydrogen) atoms. The minimum Gasteiger partial charge on any atom is -0.208 e. The Morgan fingerprint density at radius 1 is 0.279 bits per heavy atom.